The van der Waals surface area contributed by atoms with Crippen LogP contribution in [-0.4, -0.2) is 23.9 Å². The molecule has 0 aromatic heterocycles. The molecule has 2 aliphatic rings. The highest BCUT2D eigenvalue weighted by Gasteiger charge is 2.38. The van der Waals surface area contributed by atoms with Gasteiger partial charge >= 0.3 is 6.03 Å². The summed E-state index contributed by atoms with van der Waals surface area (Å²) in [6.45, 7) is 0. The van der Waals surface area contributed by atoms with E-state index in [0.29, 0.717) is 17.8 Å². The van der Waals surface area contributed by atoms with E-state index in [4.69, 9.17) is 0 Å². The summed E-state index contributed by atoms with van der Waals surface area (Å²) < 4.78 is 0.914. The first-order valence-electron chi connectivity index (χ1n) is 7.21. The molecule has 0 radical (unpaired) electrons. The summed E-state index contributed by atoms with van der Waals surface area (Å²) in [5.74, 6) is -0.739. The van der Waals surface area contributed by atoms with Gasteiger partial charge in [-0.15, -0.1) is 0 Å². The molecule has 1 saturated heterocycles. The van der Waals surface area contributed by atoms with Crippen molar-refractivity contribution in [2.75, 3.05) is 10.2 Å². The van der Waals surface area contributed by atoms with E-state index in [0.717, 1.165) is 15.2 Å². The van der Waals surface area contributed by atoms with E-state index in [1.807, 2.05) is 30.3 Å². The Hall–Kier alpha value is -2.41. The Balaban J connectivity index is 1.90. The number of carbonyl (C=O) groups excluding carboxylic acids is 3. The molecular formula is C16H12BrN3O3. The molecule has 2 aromatic carbocycles. The lowest BCUT2D eigenvalue weighted by atomic mass is 9.99. The Kier molecular flexibility index (Phi) is 3.12. The molecule has 1 unspecified atom stereocenters. The molecule has 1 atom stereocenters. The second kappa shape index (κ2) is 5.06. The number of halogens is 1. The number of imide groups is 1. The van der Waals surface area contributed by atoms with Crippen molar-refractivity contribution in [1.29, 1.82) is 0 Å². The van der Waals surface area contributed by atoms with Crippen LogP contribution in [0.5, 0.6) is 0 Å². The highest BCUT2D eigenvalue weighted by Crippen LogP contribution is 2.41. The van der Waals surface area contributed by atoms with Gasteiger partial charge in [-0.05, 0) is 24.6 Å². The molecule has 23 heavy (non-hydrogen) atoms. The van der Waals surface area contributed by atoms with Gasteiger partial charge in [-0.1, -0.05) is 28.1 Å². The molecule has 6 nitrogen and oxygen atoms in total. The maximum Gasteiger partial charge on any atom is 0.327 e. The first-order chi connectivity index (χ1) is 11.1. The number of amides is 4. The zero-order valence-corrected chi connectivity index (χ0v) is 13.5. The smallest absolute Gasteiger partial charge is 0.307 e. The van der Waals surface area contributed by atoms with Crippen molar-refractivity contribution in [3.63, 3.8) is 0 Å². The van der Waals surface area contributed by atoms with E-state index in [1.165, 1.54) is 4.90 Å². The molecule has 2 aromatic rings. The van der Waals surface area contributed by atoms with Gasteiger partial charge in [0.2, 0.25) is 11.8 Å². The van der Waals surface area contributed by atoms with Crippen LogP contribution in [0.1, 0.15) is 12.8 Å². The lowest BCUT2D eigenvalue weighted by molar-refractivity contribution is -0.134. The first kappa shape index (κ1) is 14.2. The highest BCUT2D eigenvalue weighted by atomic mass is 79.9. The molecular weight excluding hydrogens is 362 g/mol. The Morgan fingerprint density at radius 2 is 1.91 bits per heavy atom. The summed E-state index contributed by atoms with van der Waals surface area (Å²) >= 11 is 3.51. The van der Waals surface area contributed by atoms with E-state index in [-0.39, 0.29) is 18.4 Å². The summed E-state index contributed by atoms with van der Waals surface area (Å²) in [6.07, 6.45) is 0.541. The molecule has 7 heteroatoms. The number of urea groups is 1. The molecule has 116 valence electrons. The molecule has 1 fully saturated rings. The van der Waals surface area contributed by atoms with Crippen molar-refractivity contribution >= 4 is 55.9 Å². The fourth-order valence-corrected chi connectivity index (χ4v) is 3.64. The fraction of sp³-hybridized carbons (Fsp3) is 0.188. The van der Waals surface area contributed by atoms with Crippen molar-refractivity contribution in [1.82, 2.24) is 5.32 Å². The number of carbonyl (C=O) groups is 3. The van der Waals surface area contributed by atoms with Crippen LogP contribution in [0.25, 0.3) is 10.8 Å². The van der Waals surface area contributed by atoms with Crippen LogP contribution in [0.15, 0.2) is 34.8 Å². The van der Waals surface area contributed by atoms with Crippen LogP contribution in [0.4, 0.5) is 16.2 Å². The predicted octanol–water partition coefficient (Wildman–Crippen LogP) is 2.76. The van der Waals surface area contributed by atoms with Crippen molar-refractivity contribution in [2.45, 2.75) is 18.9 Å². The van der Waals surface area contributed by atoms with Gasteiger partial charge in [-0.2, -0.15) is 0 Å². The Labute approximate surface area is 140 Å². The SMILES string of the molecule is O=C1CCC(N2C(=O)Nc3cccc4c(Br)ccc2c34)C(=O)N1. The average molecular weight is 374 g/mol. The minimum Gasteiger partial charge on any atom is -0.307 e. The molecule has 4 amide bonds. The van der Waals surface area contributed by atoms with E-state index < -0.39 is 11.9 Å². The van der Waals surface area contributed by atoms with Gasteiger partial charge < -0.3 is 5.32 Å². The van der Waals surface area contributed by atoms with E-state index in [9.17, 15) is 14.4 Å². The third kappa shape index (κ3) is 2.11. The van der Waals surface area contributed by atoms with Gasteiger partial charge in [0.05, 0.1) is 11.4 Å². The number of hydrogen-bond donors (Lipinski definition) is 2. The van der Waals surface area contributed by atoms with Crippen LogP contribution in [0.2, 0.25) is 0 Å². The summed E-state index contributed by atoms with van der Waals surface area (Å²) in [4.78, 5) is 37.5. The number of benzene rings is 2. The minimum atomic E-state index is -0.689. The third-order valence-corrected chi connectivity index (χ3v) is 4.90. The molecule has 0 saturated carbocycles. The van der Waals surface area contributed by atoms with Crippen molar-refractivity contribution in [2.24, 2.45) is 0 Å². The zero-order chi connectivity index (χ0) is 16.1. The lowest BCUT2D eigenvalue weighted by Gasteiger charge is -2.36. The molecule has 0 spiro atoms. The maximum absolute atomic E-state index is 12.5. The fourth-order valence-electron chi connectivity index (χ4n) is 3.18. The van der Waals surface area contributed by atoms with Gasteiger partial charge in [0.1, 0.15) is 6.04 Å². The summed E-state index contributed by atoms with van der Waals surface area (Å²) in [5.41, 5.74) is 1.39. The first-order valence-corrected chi connectivity index (χ1v) is 8.00. The second-order valence-corrected chi connectivity index (χ2v) is 6.42. The average Bonchev–Trinajstić information content (AvgIpc) is 2.52. The largest absolute Gasteiger partial charge is 0.327 e. The maximum atomic E-state index is 12.5. The molecule has 2 aliphatic heterocycles. The molecule has 2 heterocycles. The highest BCUT2D eigenvalue weighted by molar-refractivity contribution is 9.10. The Bertz CT molecular complexity index is 880. The van der Waals surface area contributed by atoms with Crippen molar-refractivity contribution < 1.29 is 14.4 Å². The van der Waals surface area contributed by atoms with Gasteiger partial charge in [0.25, 0.3) is 0 Å². The van der Waals surface area contributed by atoms with Gasteiger partial charge in [0, 0.05) is 21.7 Å². The summed E-state index contributed by atoms with van der Waals surface area (Å²) in [6, 6.07) is 8.28. The van der Waals surface area contributed by atoms with Crippen LogP contribution in [-0.2, 0) is 9.59 Å². The molecule has 0 bridgehead atoms. The van der Waals surface area contributed by atoms with E-state index in [1.54, 1.807) is 0 Å². The van der Waals surface area contributed by atoms with E-state index >= 15 is 0 Å². The van der Waals surface area contributed by atoms with Crippen LogP contribution in [0.3, 0.4) is 0 Å². The molecule has 2 N–H and O–H groups in total. The number of nitrogens with zero attached hydrogens (tertiary/aromatic N) is 1. The van der Waals surface area contributed by atoms with Crippen LogP contribution < -0.4 is 15.5 Å². The second-order valence-electron chi connectivity index (χ2n) is 5.56. The third-order valence-electron chi connectivity index (χ3n) is 4.21. The Morgan fingerprint density at radius 1 is 1.09 bits per heavy atom. The number of nitrogens with one attached hydrogen (secondary N) is 2. The van der Waals surface area contributed by atoms with E-state index in [2.05, 4.69) is 26.6 Å². The zero-order valence-electron chi connectivity index (χ0n) is 11.9. The molecule has 0 aliphatic carbocycles. The van der Waals surface area contributed by atoms with Crippen molar-refractivity contribution in [3.05, 3.63) is 34.8 Å². The Morgan fingerprint density at radius 3 is 2.70 bits per heavy atom. The predicted molar refractivity (Wildman–Crippen MR) is 89.3 cm³/mol. The number of rotatable bonds is 1. The van der Waals surface area contributed by atoms with Gasteiger partial charge in [-0.3, -0.25) is 19.8 Å². The van der Waals surface area contributed by atoms with Gasteiger partial charge in [-0.25, -0.2) is 4.79 Å². The number of hydrogen-bond acceptors (Lipinski definition) is 3. The van der Waals surface area contributed by atoms with Gasteiger partial charge in [0.15, 0.2) is 0 Å². The quantitative estimate of drug-likeness (QED) is 0.754. The molecule has 4 rings (SSSR count). The minimum absolute atomic E-state index is 0.224. The topological polar surface area (TPSA) is 78.5 Å². The number of anilines is 2. The van der Waals surface area contributed by atoms with Crippen molar-refractivity contribution in [3.8, 4) is 0 Å². The summed E-state index contributed by atoms with van der Waals surface area (Å²) in [5, 5.41) is 6.97. The standard InChI is InChI=1S/C16H12BrN3O3/c17-9-4-5-11-14-8(9)2-1-3-10(14)18-16(23)20(11)12-6-7-13(21)19-15(12)22/h1-5,12H,6-7H2,(H,18,23)(H,19,21,22). The van der Waals surface area contributed by atoms with Crippen LogP contribution in [0, 0.1) is 0 Å². The number of piperidine rings is 1. The summed E-state index contributed by atoms with van der Waals surface area (Å²) in [7, 11) is 0. The lowest BCUT2D eigenvalue weighted by Crippen LogP contribution is -2.56. The monoisotopic (exact) mass is 373 g/mol. The van der Waals surface area contributed by atoms with Crippen LogP contribution >= 0.6 is 15.9 Å². The normalized spacial score (nSPS) is 20.5.